The van der Waals surface area contributed by atoms with E-state index in [0.29, 0.717) is 26.3 Å². The summed E-state index contributed by atoms with van der Waals surface area (Å²) < 4.78 is 12.4. The molecule has 0 saturated carbocycles. The number of benzene rings is 3. The number of hydrogen-bond acceptors (Lipinski definition) is 6. The standard InChI is InChI=1S/C24H16INO4S2/c1-29-20-12-15(10-11-19(20)30-23(28)16-6-5-7-17(25)14-16)13-21-22(27)26(24(31)32-21)18-8-3-2-4-9-18/h2-14H,1H3/b21-13+. The number of carbonyl (C=O) groups excluding carboxylic acids is 2. The van der Waals surface area contributed by atoms with E-state index in [0.717, 1.165) is 14.8 Å². The van der Waals surface area contributed by atoms with Crippen molar-refractivity contribution in [3.63, 3.8) is 0 Å². The molecule has 0 spiro atoms. The van der Waals surface area contributed by atoms with Crippen LogP contribution in [0.1, 0.15) is 15.9 Å². The molecular formula is C24H16INO4S2. The van der Waals surface area contributed by atoms with Gasteiger partial charge in [-0.25, -0.2) is 4.79 Å². The smallest absolute Gasteiger partial charge is 0.343 e. The lowest BCUT2D eigenvalue weighted by Crippen LogP contribution is -2.27. The number of methoxy groups -OCH3 is 1. The SMILES string of the molecule is COc1cc(/C=C2/SC(=S)N(c3ccccc3)C2=O)ccc1OC(=O)c1cccc(I)c1. The minimum Gasteiger partial charge on any atom is -0.493 e. The molecule has 1 fully saturated rings. The quantitative estimate of drug-likeness (QED) is 0.124. The summed E-state index contributed by atoms with van der Waals surface area (Å²) in [6.45, 7) is 0. The third-order valence-electron chi connectivity index (χ3n) is 4.56. The Morgan fingerprint density at radius 3 is 2.53 bits per heavy atom. The summed E-state index contributed by atoms with van der Waals surface area (Å²) >= 11 is 8.79. The van der Waals surface area contributed by atoms with E-state index >= 15 is 0 Å². The van der Waals surface area contributed by atoms with Gasteiger partial charge in [-0.2, -0.15) is 0 Å². The van der Waals surface area contributed by atoms with Crippen LogP contribution in [0, 0.1) is 3.57 Å². The van der Waals surface area contributed by atoms with Crippen LogP contribution in [-0.4, -0.2) is 23.3 Å². The molecule has 5 nitrogen and oxygen atoms in total. The molecule has 8 heteroatoms. The molecule has 0 unspecified atom stereocenters. The average Bonchev–Trinajstić information content (AvgIpc) is 3.07. The van der Waals surface area contributed by atoms with Gasteiger partial charge < -0.3 is 9.47 Å². The lowest BCUT2D eigenvalue weighted by molar-refractivity contribution is -0.113. The number of thiocarbonyl (C=S) groups is 1. The Balaban J connectivity index is 1.56. The molecule has 1 aliphatic rings. The maximum atomic E-state index is 12.9. The van der Waals surface area contributed by atoms with Gasteiger partial charge in [0.2, 0.25) is 0 Å². The monoisotopic (exact) mass is 573 g/mol. The molecule has 0 aliphatic carbocycles. The maximum absolute atomic E-state index is 12.9. The summed E-state index contributed by atoms with van der Waals surface area (Å²) in [6, 6.07) is 21.5. The molecule has 0 N–H and O–H groups in total. The predicted octanol–water partition coefficient (Wildman–Crippen LogP) is 5.92. The molecule has 0 aromatic heterocycles. The molecule has 0 bridgehead atoms. The van der Waals surface area contributed by atoms with Crippen molar-refractivity contribution in [2.75, 3.05) is 12.0 Å². The highest BCUT2D eigenvalue weighted by Gasteiger charge is 2.33. The zero-order valence-corrected chi connectivity index (χ0v) is 20.6. The largest absolute Gasteiger partial charge is 0.493 e. The molecule has 32 heavy (non-hydrogen) atoms. The molecule has 0 radical (unpaired) electrons. The van der Waals surface area contributed by atoms with Crippen LogP contribution in [0.25, 0.3) is 6.08 Å². The predicted molar refractivity (Wildman–Crippen MR) is 139 cm³/mol. The zero-order valence-electron chi connectivity index (χ0n) is 16.8. The van der Waals surface area contributed by atoms with Crippen LogP contribution in [0.15, 0.2) is 77.7 Å². The first-order valence-corrected chi connectivity index (χ1v) is 11.8. The minimum absolute atomic E-state index is 0.181. The lowest BCUT2D eigenvalue weighted by atomic mass is 10.1. The molecule has 3 aromatic rings. The number of hydrogen-bond donors (Lipinski definition) is 0. The van der Waals surface area contributed by atoms with E-state index in [4.69, 9.17) is 21.7 Å². The summed E-state index contributed by atoms with van der Waals surface area (Å²) in [4.78, 5) is 27.4. The van der Waals surface area contributed by atoms with Gasteiger partial charge in [-0.15, -0.1) is 0 Å². The molecule has 1 saturated heterocycles. The number of ether oxygens (including phenoxy) is 2. The third kappa shape index (κ3) is 4.87. The van der Waals surface area contributed by atoms with Crippen LogP contribution in [0.5, 0.6) is 11.5 Å². The Morgan fingerprint density at radius 2 is 1.81 bits per heavy atom. The van der Waals surface area contributed by atoms with E-state index < -0.39 is 5.97 Å². The van der Waals surface area contributed by atoms with Gasteiger partial charge in [0.25, 0.3) is 5.91 Å². The number of esters is 1. The van der Waals surface area contributed by atoms with Crippen LogP contribution < -0.4 is 14.4 Å². The Labute approximate surface area is 208 Å². The summed E-state index contributed by atoms with van der Waals surface area (Å²) in [7, 11) is 1.50. The average molecular weight is 573 g/mol. The first-order valence-electron chi connectivity index (χ1n) is 9.45. The molecule has 160 valence electrons. The van der Waals surface area contributed by atoms with Crippen molar-refractivity contribution >= 4 is 74.5 Å². The van der Waals surface area contributed by atoms with Gasteiger partial charge in [0, 0.05) is 3.57 Å². The fraction of sp³-hybridized carbons (Fsp3) is 0.0417. The van der Waals surface area contributed by atoms with Crippen LogP contribution in [0.4, 0.5) is 5.69 Å². The Morgan fingerprint density at radius 1 is 1.03 bits per heavy atom. The van der Waals surface area contributed by atoms with Crippen LogP contribution in [0.2, 0.25) is 0 Å². The number of nitrogens with zero attached hydrogens (tertiary/aromatic N) is 1. The van der Waals surface area contributed by atoms with Crippen molar-refractivity contribution in [2.24, 2.45) is 0 Å². The van der Waals surface area contributed by atoms with Crippen molar-refractivity contribution < 1.29 is 19.1 Å². The fourth-order valence-electron chi connectivity index (χ4n) is 3.05. The minimum atomic E-state index is -0.474. The molecule has 3 aromatic carbocycles. The Hall–Kier alpha value is -2.69. The van der Waals surface area contributed by atoms with Crippen molar-refractivity contribution in [2.45, 2.75) is 0 Å². The molecule has 1 heterocycles. The number of para-hydroxylation sites is 1. The van der Waals surface area contributed by atoms with Crippen molar-refractivity contribution in [1.29, 1.82) is 0 Å². The van der Waals surface area contributed by atoms with Crippen molar-refractivity contribution in [3.8, 4) is 11.5 Å². The Kier molecular flexibility index (Phi) is 6.92. The van der Waals surface area contributed by atoms with Crippen LogP contribution in [0.3, 0.4) is 0 Å². The van der Waals surface area contributed by atoms with E-state index in [2.05, 4.69) is 22.6 Å². The zero-order chi connectivity index (χ0) is 22.7. The number of carbonyl (C=O) groups is 2. The van der Waals surface area contributed by atoms with Gasteiger partial charge >= 0.3 is 5.97 Å². The molecule has 1 aliphatic heterocycles. The van der Waals surface area contributed by atoms with Crippen molar-refractivity contribution in [1.82, 2.24) is 0 Å². The molecular weight excluding hydrogens is 557 g/mol. The van der Waals surface area contributed by atoms with E-state index in [1.165, 1.54) is 23.8 Å². The third-order valence-corrected chi connectivity index (χ3v) is 6.53. The highest BCUT2D eigenvalue weighted by molar-refractivity contribution is 14.1. The topological polar surface area (TPSA) is 55.8 Å². The van der Waals surface area contributed by atoms with Gasteiger partial charge in [-0.05, 0) is 76.7 Å². The van der Waals surface area contributed by atoms with Crippen LogP contribution >= 0.6 is 46.6 Å². The summed E-state index contributed by atoms with van der Waals surface area (Å²) in [6.07, 6.45) is 1.75. The van der Waals surface area contributed by atoms with Crippen LogP contribution in [-0.2, 0) is 4.79 Å². The van der Waals surface area contributed by atoms with E-state index in [1.807, 2.05) is 36.4 Å². The second kappa shape index (κ2) is 9.85. The van der Waals surface area contributed by atoms with Gasteiger partial charge in [0.15, 0.2) is 15.8 Å². The highest BCUT2D eigenvalue weighted by Crippen LogP contribution is 2.37. The second-order valence-corrected chi connectivity index (χ2v) is 9.58. The van der Waals surface area contributed by atoms with Gasteiger partial charge in [0.1, 0.15) is 0 Å². The van der Waals surface area contributed by atoms with E-state index in [9.17, 15) is 9.59 Å². The fourth-order valence-corrected chi connectivity index (χ4v) is 4.89. The summed E-state index contributed by atoms with van der Waals surface area (Å²) in [5, 5.41) is 0. The Bertz CT molecular complexity index is 1240. The van der Waals surface area contributed by atoms with E-state index in [-0.39, 0.29) is 5.91 Å². The van der Waals surface area contributed by atoms with Crippen molar-refractivity contribution in [3.05, 3.63) is 92.4 Å². The van der Waals surface area contributed by atoms with Gasteiger partial charge in [-0.3, -0.25) is 9.69 Å². The van der Waals surface area contributed by atoms with E-state index in [1.54, 1.807) is 42.5 Å². The summed E-state index contributed by atoms with van der Waals surface area (Å²) in [5.74, 6) is 0.0271. The second-order valence-electron chi connectivity index (χ2n) is 6.66. The number of thioether (sulfide) groups is 1. The first-order chi connectivity index (χ1) is 15.5. The number of halogens is 1. The summed E-state index contributed by atoms with van der Waals surface area (Å²) in [5.41, 5.74) is 1.91. The molecule has 0 atom stereocenters. The first kappa shape index (κ1) is 22.5. The number of rotatable bonds is 5. The maximum Gasteiger partial charge on any atom is 0.343 e. The lowest BCUT2D eigenvalue weighted by Gasteiger charge is -2.13. The van der Waals surface area contributed by atoms with Gasteiger partial charge in [0.05, 0.1) is 23.3 Å². The van der Waals surface area contributed by atoms with Gasteiger partial charge in [-0.1, -0.05) is 54.3 Å². The molecule has 4 rings (SSSR count). The number of anilines is 1. The molecule has 1 amide bonds. The normalized spacial score (nSPS) is 14.7. The number of amides is 1. The highest BCUT2D eigenvalue weighted by atomic mass is 127.